The Morgan fingerprint density at radius 2 is 2.17 bits per heavy atom. The molecule has 2 aliphatic rings. The van der Waals surface area contributed by atoms with Gasteiger partial charge in [-0.1, -0.05) is 11.2 Å². The molecule has 5 rings (SSSR count). The first-order valence-corrected chi connectivity index (χ1v) is 12.7. The highest BCUT2D eigenvalue weighted by Gasteiger charge is 2.54. The zero-order valence-electron chi connectivity index (χ0n) is 19.0. The number of pyridine rings is 2. The van der Waals surface area contributed by atoms with Crippen molar-refractivity contribution in [3.63, 3.8) is 0 Å². The van der Waals surface area contributed by atoms with Crippen LogP contribution in [0.5, 0.6) is 0 Å². The van der Waals surface area contributed by atoms with Crippen LogP contribution in [0.25, 0.3) is 10.2 Å². The van der Waals surface area contributed by atoms with Crippen LogP contribution in [0.2, 0.25) is 0 Å². The largest absolute Gasteiger partial charge is 0.477 e. The summed E-state index contributed by atoms with van der Waals surface area (Å²) in [6.07, 6.45) is 1.89. The fourth-order valence-electron chi connectivity index (χ4n) is 4.23. The Kier molecular flexibility index (Phi) is 6.33. The number of amides is 2. The number of rotatable bonds is 7. The van der Waals surface area contributed by atoms with Crippen LogP contribution in [0, 0.1) is 0 Å². The van der Waals surface area contributed by atoms with Crippen molar-refractivity contribution < 1.29 is 28.9 Å². The first kappa shape index (κ1) is 23.8. The number of β-lactam (4-membered cyclic amide) rings is 1. The van der Waals surface area contributed by atoms with E-state index in [1.807, 2.05) is 34.3 Å². The molecule has 13 heteroatoms. The molecular weight excluding hydrogens is 504 g/mol. The van der Waals surface area contributed by atoms with Gasteiger partial charge in [0.05, 0.1) is 4.70 Å². The third-order valence-corrected chi connectivity index (χ3v) is 8.02. The Morgan fingerprint density at radius 3 is 2.92 bits per heavy atom. The lowest BCUT2D eigenvalue weighted by atomic mass is 10.0. The van der Waals surface area contributed by atoms with Gasteiger partial charge in [-0.25, -0.2) is 9.78 Å². The predicted octanol–water partition coefficient (Wildman–Crippen LogP) is 0.955. The van der Waals surface area contributed by atoms with Crippen molar-refractivity contribution in [2.75, 3.05) is 18.6 Å². The Morgan fingerprint density at radius 1 is 1.33 bits per heavy atom. The summed E-state index contributed by atoms with van der Waals surface area (Å²) in [4.78, 5) is 48.4. The van der Waals surface area contributed by atoms with Gasteiger partial charge < -0.3 is 21.0 Å². The molecule has 1 fully saturated rings. The van der Waals surface area contributed by atoms with E-state index < -0.39 is 29.2 Å². The van der Waals surface area contributed by atoms with Crippen molar-refractivity contribution in [3.05, 3.63) is 64.9 Å². The maximum Gasteiger partial charge on any atom is 0.352 e. The molecule has 2 amide bonds. The lowest BCUT2D eigenvalue weighted by Crippen LogP contribution is -2.71. The minimum Gasteiger partial charge on any atom is -0.477 e. The number of anilines is 1. The number of fused-ring (bicyclic) bond motifs is 2. The van der Waals surface area contributed by atoms with Crippen LogP contribution in [-0.2, 0) is 25.8 Å². The Hall–Kier alpha value is -3.97. The Balaban J connectivity index is 1.38. The molecule has 0 aliphatic carbocycles. The number of nitrogens with one attached hydrogen (secondary N) is 1. The molecule has 3 aromatic heterocycles. The summed E-state index contributed by atoms with van der Waals surface area (Å²) in [6, 6.07) is 9.69. The van der Waals surface area contributed by atoms with Crippen molar-refractivity contribution in [1.82, 2.24) is 15.2 Å². The van der Waals surface area contributed by atoms with Crippen LogP contribution in [0.3, 0.4) is 0 Å². The van der Waals surface area contributed by atoms with Gasteiger partial charge in [-0.15, -0.1) is 23.1 Å². The fraction of sp³-hybridized carbons (Fsp3) is 0.217. The SMILES string of the molecule is CO/N=C(\C(=O)NC1C(=O)N2C(C(=O)O)=C(C[n+]3cccc4sccc43)CS[C@H]12)c1cccc(N)n1. The van der Waals surface area contributed by atoms with Gasteiger partial charge in [0.2, 0.25) is 5.52 Å². The molecule has 4 N–H and O–H groups in total. The van der Waals surface area contributed by atoms with Crippen LogP contribution >= 0.6 is 23.1 Å². The highest BCUT2D eigenvalue weighted by atomic mass is 32.2. The Labute approximate surface area is 213 Å². The molecular formula is C23H21N6O5S2+. The molecule has 2 atom stereocenters. The number of carboxylic acid groups (broad SMARTS) is 1. The molecule has 0 bridgehead atoms. The molecule has 1 saturated heterocycles. The molecule has 1 unspecified atom stereocenters. The summed E-state index contributed by atoms with van der Waals surface area (Å²) in [7, 11) is 1.28. The third-order valence-electron chi connectivity index (χ3n) is 5.80. The lowest BCUT2D eigenvalue weighted by Gasteiger charge is -2.49. The summed E-state index contributed by atoms with van der Waals surface area (Å²) >= 11 is 3.00. The minimum atomic E-state index is -1.18. The van der Waals surface area contributed by atoms with Gasteiger partial charge in [0.15, 0.2) is 18.5 Å². The van der Waals surface area contributed by atoms with E-state index in [0.29, 0.717) is 17.9 Å². The molecule has 184 valence electrons. The number of carbonyl (C=O) groups is 3. The van der Waals surface area contributed by atoms with Gasteiger partial charge in [-0.2, -0.15) is 4.57 Å². The second-order valence-corrected chi connectivity index (χ2v) is 10.0. The molecule has 3 aromatic rings. The van der Waals surface area contributed by atoms with Gasteiger partial charge >= 0.3 is 5.97 Å². The van der Waals surface area contributed by atoms with Crippen molar-refractivity contribution in [3.8, 4) is 0 Å². The molecule has 0 spiro atoms. The van der Waals surface area contributed by atoms with Crippen molar-refractivity contribution >= 4 is 62.6 Å². The van der Waals surface area contributed by atoms with E-state index >= 15 is 0 Å². The number of nitrogen functional groups attached to an aromatic ring is 1. The van der Waals surface area contributed by atoms with Crippen molar-refractivity contribution in [1.29, 1.82) is 0 Å². The molecule has 2 aliphatic heterocycles. The van der Waals surface area contributed by atoms with E-state index in [9.17, 15) is 19.5 Å². The minimum absolute atomic E-state index is 0.0442. The maximum absolute atomic E-state index is 13.1. The number of carboxylic acids is 1. The number of aromatic nitrogens is 2. The van der Waals surface area contributed by atoms with E-state index in [0.717, 1.165) is 10.2 Å². The van der Waals surface area contributed by atoms with Crippen LogP contribution in [-0.4, -0.2) is 62.8 Å². The van der Waals surface area contributed by atoms with E-state index in [1.165, 1.54) is 23.8 Å². The second kappa shape index (κ2) is 9.59. The van der Waals surface area contributed by atoms with Crippen molar-refractivity contribution in [2.24, 2.45) is 5.16 Å². The lowest BCUT2D eigenvalue weighted by molar-refractivity contribution is -0.663. The van der Waals surface area contributed by atoms with E-state index in [4.69, 9.17) is 10.6 Å². The summed E-state index contributed by atoms with van der Waals surface area (Å²) in [5.74, 6) is -1.78. The van der Waals surface area contributed by atoms with Crippen molar-refractivity contribution in [2.45, 2.75) is 18.0 Å². The molecule has 5 heterocycles. The summed E-state index contributed by atoms with van der Waals surface area (Å²) < 4.78 is 3.06. The molecule has 11 nitrogen and oxygen atoms in total. The highest BCUT2D eigenvalue weighted by Crippen LogP contribution is 2.40. The average molecular weight is 526 g/mol. The van der Waals surface area contributed by atoms with Gasteiger partial charge in [-0.3, -0.25) is 14.5 Å². The number of hydrogen-bond donors (Lipinski definition) is 3. The molecule has 36 heavy (non-hydrogen) atoms. The molecule has 0 radical (unpaired) electrons. The zero-order valence-corrected chi connectivity index (χ0v) is 20.6. The van der Waals surface area contributed by atoms with Crippen LogP contribution in [0.1, 0.15) is 5.69 Å². The number of nitrogens with two attached hydrogens (primary N) is 1. The zero-order chi connectivity index (χ0) is 25.4. The van der Waals surface area contributed by atoms with E-state index in [2.05, 4.69) is 15.5 Å². The van der Waals surface area contributed by atoms with Crippen LogP contribution in [0.4, 0.5) is 5.82 Å². The van der Waals surface area contributed by atoms with Crippen LogP contribution < -0.4 is 15.6 Å². The van der Waals surface area contributed by atoms with Gasteiger partial charge in [0.1, 0.15) is 35.7 Å². The first-order chi connectivity index (χ1) is 17.4. The Bertz CT molecular complexity index is 1450. The number of carbonyl (C=O) groups excluding carboxylic acids is 2. The topological polar surface area (TPSA) is 151 Å². The number of nitrogens with zero attached hydrogens (tertiary/aromatic N) is 4. The van der Waals surface area contributed by atoms with Gasteiger partial charge in [0.25, 0.3) is 11.8 Å². The van der Waals surface area contributed by atoms with E-state index in [1.54, 1.807) is 29.5 Å². The van der Waals surface area contributed by atoms with Gasteiger partial charge in [0, 0.05) is 23.5 Å². The first-order valence-electron chi connectivity index (χ1n) is 10.8. The summed E-state index contributed by atoms with van der Waals surface area (Å²) in [6.45, 7) is 0.335. The van der Waals surface area contributed by atoms with Gasteiger partial charge in [-0.05, 0) is 23.6 Å². The smallest absolute Gasteiger partial charge is 0.352 e. The second-order valence-electron chi connectivity index (χ2n) is 7.99. The highest BCUT2D eigenvalue weighted by molar-refractivity contribution is 8.00. The number of oxime groups is 1. The quantitative estimate of drug-likeness (QED) is 0.179. The van der Waals surface area contributed by atoms with Crippen LogP contribution in [0.15, 0.2) is 64.4 Å². The predicted molar refractivity (Wildman–Crippen MR) is 134 cm³/mol. The monoisotopic (exact) mass is 525 g/mol. The average Bonchev–Trinajstić information content (AvgIpc) is 3.35. The number of aliphatic carboxylic acids is 1. The molecule has 0 aromatic carbocycles. The summed E-state index contributed by atoms with van der Waals surface area (Å²) in [5.41, 5.74) is 7.32. The standard InChI is InChI=1S/C23H20N6O5S2/c1-34-27-17(13-4-2-6-16(24)25-13)20(30)26-18-21(31)29-19(23(32)33)12(11-36-22(18)29)10-28-8-3-5-15-14(28)7-9-35-15/h2-9,18,22H,10-11H2,1H3,(H3-,24,25,26,30,32,33)/p+1/b27-17-/t18?,22-/m1/s1. The fourth-order valence-corrected chi connectivity index (χ4v) is 6.37. The van der Waals surface area contributed by atoms with E-state index in [-0.39, 0.29) is 22.9 Å². The number of thiophene rings is 1. The summed E-state index contributed by atoms with van der Waals surface area (Å²) in [5, 5.41) is 17.8. The molecule has 0 saturated carbocycles. The maximum atomic E-state index is 13.1. The number of hydrogen-bond acceptors (Lipinski definition) is 9. The normalized spacial score (nSPS) is 19.6. The number of thioether (sulfide) groups is 1. The third kappa shape index (κ3) is 4.16.